The second kappa shape index (κ2) is 8.68. The van der Waals surface area contributed by atoms with Crippen molar-refractivity contribution in [3.05, 3.63) is 106 Å². The van der Waals surface area contributed by atoms with Crippen LogP contribution in [0.2, 0.25) is 0 Å². The van der Waals surface area contributed by atoms with Crippen LogP contribution in [0.3, 0.4) is 0 Å². The highest BCUT2D eigenvalue weighted by Crippen LogP contribution is 2.19. The lowest BCUT2D eigenvalue weighted by molar-refractivity contribution is 0.0942. The number of fused-ring (bicyclic) bond motifs is 1. The molecular formula is C23H17FN4O4. The minimum Gasteiger partial charge on any atom is -0.501 e. The number of carbonyl (C=O) groups excluding carboxylic acids is 2. The lowest BCUT2D eigenvalue weighted by Crippen LogP contribution is -2.28. The average Bonchev–Trinajstić information content (AvgIpc) is 2.81. The van der Waals surface area contributed by atoms with Gasteiger partial charge in [-0.15, -0.1) is 0 Å². The molecule has 2 aromatic carbocycles. The number of hydrogen-bond acceptors (Lipinski definition) is 5. The van der Waals surface area contributed by atoms with Gasteiger partial charge in [-0.3, -0.25) is 18.8 Å². The van der Waals surface area contributed by atoms with Gasteiger partial charge in [-0.1, -0.05) is 30.3 Å². The number of benzene rings is 2. The van der Waals surface area contributed by atoms with E-state index in [9.17, 15) is 23.9 Å². The van der Waals surface area contributed by atoms with E-state index in [2.05, 4.69) is 15.6 Å². The van der Waals surface area contributed by atoms with Crippen LogP contribution in [0.4, 0.5) is 10.1 Å². The zero-order valence-corrected chi connectivity index (χ0v) is 16.6. The number of amides is 2. The van der Waals surface area contributed by atoms with Crippen LogP contribution in [0.1, 0.15) is 26.4 Å². The van der Waals surface area contributed by atoms with Gasteiger partial charge < -0.3 is 15.7 Å². The first kappa shape index (κ1) is 20.7. The maximum absolute atomic E-state index is 13.0. The Labute approximate surface area is 181 Å². The second-order valence-electron chi connectivity index (χ2n) is 6.86. The van der Waals surface area contributed by atoms with Crippen LogP contribution >= 0.6 is 0 Å². The van der Waals surface area contributed by atoms with Gasteiger partial charge in [0.1, 0.15) is 5.82 Å². The number of halogens is 1. The summed E-state index contributed by atoms with van der Waals surface area (Å²) >= 11 is 0. The van der Waals surface area contributed by atoms with Crippen molar-refractivity contribution in [2.75, 3.05) is 5.32 Å². The van der Waals surface area contributed by atoms with Gasteiger partial charge in [-0.2, -0.15) is 0 Å². The predicted molar refractivity (Wildman–Crippen MR) is 115 cm³/mol. The van der Waals surface area contributed by atoms with Crippen molar-refractivity contribution in [2.45, 2.75) is 6.54 Å². The Balaban J connectivity index is 1.66. The number of anilines is 1. The third-order valence-electron chi connectivity index (χ3n) is 4.70. The quantitative estimate of drug-likeness (QED) is 0.449. The van der Waals surface area contributed by atoms with Crippen molar-refractivity contribution in [3.8, 4) is 5.75 Å². The van der Waals surface area contributed by atoms with Crippen LogP contribution in [0.25, 0.3) is 5.65 Å². The maximum Gasteiger partial charge on any atom is 0.300 e. The van der Waals surface area contributed by atoms with E-state index in [-0.39, 0.29) is 17.9 Å². The van der Waals surface area contributed by atoms with Crippen LogP contribution in [-0.2, 0) is 6.54 Å². The Morgan fingerprint density at radius 3 is 2.41 bits per heavy atom. The summed E-state index contributed by atoms with van der Waals surface area (Å²) in [5, 5.41) is 15.5. The molecule has 9 heteroatoms. The highest BCUT2D eigenvalue weighted by atomic mass is 19.1. The molecule has 4 rings (SSSR count). The molecule has 0 saturated heterocycles. The number of rotatable bonds is 5. The molecule has 8 nitrogen and oxygen atoms in total. The SMILES string of the molecule is O=C(Nc1cccn2c(=O)c(O)c(C(=O)NCc3ccc(F)cc3)nc12)c1ccccc1. The van der Waals surface area contributed by atoms with Crippen LogP contribution in [-0.4, -0.2) is 26.3 Å². The predicted octanol–water partition coefficient (Wildman–Crippen LogP) is 2.72. The Morgan fingerprint density at radius 2 is 1.69 bits per heavy atom. The first-order chi connectivity index (χ1) is 15.4. The Kier molecular flexibility index (Phi) is 5.63. The molecule has 2 heterocycles. The zero-order valence-electron chi connectivity index (χ0n) is 16.6. The first-order valence-corrected chi connectivity index (χ1v) is 9.57. The highest BCUT2D eigenvalue weighted by Gasteiger charge is 2.20. The van der Waals surface area contributed by atoms with E-state index in [0.717, 1.165) is 4.40 Å². The van der Waals surface area contributed by atoms with E-state index in [0.29, 0.717) is 11.1 Å². The monoisotopic (exact) mass is 432 g/mol. The van der Waals surface area contributed by atoms with Gasteiger partial charge in [0.15, 0.2) is 11.3 Å². The Morgan fingerprint density at radius 1 is 0.969 bits per heavy atom. The fourth-order valence-electron chi connectivity index (χ4n) is 3.06. The van der Waals surface area contributed by atoms with Crippen LogP contribution in [0.5, 0.6) is 5.75 Å². The molecule has 32 heavy (non-hydrogen) atoms. The summed E-state index contributed by atoms with van der Waals surface area (Å²) in [5.41, 5.74) is -0.158. The van der Waals surface area contributed by atoms with Crippen molar-refractivity contribution >= 4 is 23.1 Å². The van der Waals surface area contributed by atoms with Crippen LogP contribution < -0.4 is 16.2 Å². The number of pyridine rings is 1. The number of nitrogens with one attached hydrogen (secondary N) is 2. The third-order valence-corrected chi connectivity index (χ3v) is 4.70. The molecule has 3 N–H and O–H groups in total. The van der Waals surface area contributed by atoms with E-state index < -0.39 is 34.6 Å². The van der Waals surface area contributed by atoms with Crippen LogP contribution in [0, 0.1) is 5.82 Å². The molecule has 2 aromatic heterocycles. The largest absolute Gasteiger partial charge is 0.501 e. The van der Waals surface area contributed by atoms with Crippen molar-refractivity contribution in [2.24, 2.45) is 0 Å². The van der Waals surface area contributed by atoms with E-state index in [1.54, 1.807) is 30.3 Å². The molecule has 0 unspecified atom stereocenters. The maximum atomic E-state index is 13.0. The molecule has 0 radical (unpaired) electrons. The minimum absolute atomic E-state index is 0.00786. The molecule has 0 atom stereocenters. The molecule has 0 saturated carbocycles. The highest BCUT2D eigenvalue weighted by molar-refractivity contribution is 6.06. The van der Waals surface area contributed by atoms with Gasteiger partial charge in [0, 0.05) is 18.3 Å². The number of hydrogen-bond donors (Lipinski definition) is 3. The lowest BCUT2D eigenvalue weighted by atomic mass is 10.2. The summed E-state index contributed by atoms with van der Waals surface area (Å²) in [6.07, 6.45) is 1.36. The molecule has 0 spiro atoms. The molecule has 0 aliphatic rings. The van der Waals surface area contributed by atoms with E-state index in [4.69, 9.17) is 0 Å². The number of carbonyl (C=O) groups is 2. The molecule has 0 aliphatic heterocycles. The Hall–Kier alpha value is -4.53. The van der Waals surface area contributed by atoms with Gasteiger partial charge in [-0.25, -0.2) is 9.37 Å². The van der Waals surface area contributed by atoms with E-state index in [1.807, 2.05) is 0 Å². The molecule has 0 bridgehead atoms. The van der Waals surface area contributed by atoms with Gasteiger partial charge in [0.25, 0.3) is 11.8 Å². The topological polar surface area (TPSA) is 113 Å². The molecule has 0 fully saturated rings. The number of nitrogens with zero attached hydrogens (tertiary/aromatic N) is 2. The van der Waals surface area contributed by atoms with Crippen molar-refractivity contribution < 1.29 is 19.1 Å². The summed E-state index contributed by atoms with van der Waals surface area (Å²) in [5.74, 6) is -2.46. The molecular weight excluding hydrogens is 415 g/mol. The van der Waals surface area contributed by atoms with Gasteiger partial charge in [-0.05, 0) is 42.0 Å². The molecule has 160 valence electrons. The third kappa shape index (κ3) is 4.17. The lowest BCUT2D eigenvalue weighted by Gasteiger charge is -2.12. The fourth-order valence-corrected chi connectivity index (χ4v) is 3.06. The second-order valence-corrected chi connectivity index (χ2v) is 6.86. The van der Waals surface area contributed by atoms with E-state index in [1.165, 1.54) is 42.6 Å². The first-order valence-electron chi connectivity index (χ1n) is 9.57. The van der Waals surface area contributed by atoms with Gasteiger partial charge in [0.2, 0.25) is 5.75 Å². The molecule has 0 aliphatic carbocycles. The van der Waals surface area contributed by atoms with Crippen LogP contribution in [0.15, 0.2) is 77.7 Å². The molecule has 2 amide bonds. The smallest absolute Gasteiger partial charge is 0.300 e. The molecule has 4 aromatic rings. The van der Waals surface area contributed by atoms with Gasteiger partial charge >= 0.3 is 5.56 Å². The van der Waals surface area contributed by atoms with Gasteiger partial charge in [0.05, 0.1) is 5.69 Å². The fraction of sp³-hybridized carbons (Fsp3) is 0.0435. The summed E-state index contributed by atoms with van der Waals surface area (Å²) < 4.78 is 14.1. The summed E-state index contributed by atoms with van der Waals surface area (Å²) in [7, 11) is 0. The number of aromatic nitrogens is 2. The van der Waals surface area contributed by atoms with Crippen molar-refractivity contribution in [3.63, 3.8) is 0 Å². The summed E-state index contributed by atoms with van der Waals surface area (Å²) in [4.78, 5) is 41.9. The standard InChI is InChI=1S/C23H17FN4O4/c24-16-10-8-14(9-11-16)13-25-22(31)18-19(29)23(32)28-12-4-7-17(20(28)27-18)26-21(30)15-5-2-1-3-6-15/h1-12,29H,13H2,(H,25,31)(H,26,30). The Bertz CT molecular complexity index is 1370. The number of aromatic hydroxyl groups is 1. The van der Waals surface area contributed by atoms with Crippen molar-refractivity contribution in [1.29, 1.82) is 0 Å². The normalized spacial score (nSPS) is 10.7. The van der Waals surface area contributed by atoms with Crippen molar-refractivity contribution in [1.82, 2.24) is 14.7 Å². The average molecular weight is 432 g/mol. The van der Waals surface area contributed by atoms with E-state index >= 15 is 0 Å². The summed E-state index contributed by atoms with van der Waals surface area (Å²) in [6.45, 7) is 0.0337. The minimum atomic E-state index is -0.863. The summed E-state index contributed by atoms with van der Waals surface area (Å²) in [6, 6.07) is 17.0. The zero-order chi connectivity index (χ0) is 22.7.